The van der Waals surface area contributed by atoms with E-state index in [2.05, 4.69) is 22.3 Å². The van der Waals surface area contributed by atoms with Crippen LogP contribution in [0.25, 0.3) is 0 Å². The van der Waals surface area contributed by atoms with E-state index >= 15 is 0 Å². The molecule has 2 aromatic rings. The van der Waals surface area contributed by atoms with Gasteiger partial charge >= 0.3 is 0 Å². The number of hydrogen-bond donors (Lipinski definition) is 1. The van der Waals surface area contributed by atoms with E-state index in [4.69, 9.17) is 14.2 Å². The van der Waals surface area contributed by atoms with Gasteiger partial charge in [-0.3, -0.25) is 9.69 Å². The van der Waals surface area contributed by atoms with Gasteiger partial charge in [0, 0.05) is 25.2 Å². The standard InChI is InChI=1S/C21H26N2O4/c1-25-18-8-6-16(7-9-18)20(23-10-12-27-13-11-23)15-22-21(24)17-4-3-5-19(14-17)26-2/h3-9,14,20H,10-13,15H2,1-2H3,(H,22,24)/t20-/m0/s1. The summed E-state index contributed by atoms with van der Waals surface area (Å²) in [6.45, 7) is 3.60. The first kappa shape index (κ1) is 19.2. The largest absolute Gasteiger partial charge is 0.497 e. The van der Waals surface area contributed by atoms with Crippen LogP contribution in [0.3, 0.4) is 0 Å². The van der Waals surface area contributed by atoms with E-state index in [1.165, 1.54) is 0 Å². The molecule has 0 spiro atoms. The molecular weight excluding hydrogens is 344 g/mol. The van der Waals surface area contributed by atoms with Crippen LogP contribution in [0.15, 0.2) is 48.5 Å². The van der Waals surface area contributed by atoms with Gasteiger partial charge in [-0.1, -0.05) is 18.2 Å². The lowest BCUT2D eigenvalue weighted by molar-refractivity contribution is 0.0162. The molecule has 1 atom stereocenters. The Balaban J connectivity index is 1.72. The van der Waals surface area contributed by atoms with Gasteiger partial charge in [0.25, 0.3) is 5.91 Å². The second-order valence-corrected chi connectivity index (χ2v) is 6.38. The fourth-order valence-corrected chi connectivity index (χ4v) is 3.23. The highest BCUT2D eigenvalue weighted by Crippen LogP contribution is 2.24. The highest BCUT2D eigenvalue weighted by atomic mass is 16.5. The lowest BCUT2D eigenvalue weighted by Crippen LogP contribution is -2.43. The van der Waals surface area contributed by atoms with Crippen molar-refractivity contribution in [3.63, 3.8) is 0 Å². The number of nitrogens with one attached hydrogen (secondary N) is 1. The average molecular weight is 370 g/mol. The van der Waals surface area contributed by atoms with Gasteiger partial charge in [0.2, 0.25) is 0 Å². The average Bonchev–Trinajstić information content (AvgIpc) is 2.75. The van der Waals surface area contributed by atoms with Crippen LogP contribution in [0.2, 0.25) is 0 Å². The van der Waals surface area contributed by atoms with Crippen molar-refractivity contribution < 1.29 is 19.0 Å². The molecule has 1 heterocycles. The second kappa shape index (κ2) is 9.39. The number of carbonyl (C=O) groups is 1. The Morgan fingerprint density at radius 1 is 1.07 bits per heavy atom. The maximum atomic E-state index is 12.6. The predicted octanol–water partition coefficient (Wildman–Crippen LogP) is 2.51. The zero-order chi connectivity index (χ0) is 19.1. The van der Waals surface area contributed by atoms with Crippen molar-refractivity contribution in [1.82, 2.24) is 10.2 Å². The summed E-state index contributed by atoms with van der Waals surface area (Å²) in [5, 5.41) is 3.07. The summed E-state index contributed by atoms with van der Waals surface area (Å²) in [6.07, 6.45) is 0. The Labute approximate surface area is 160 Å². The number of carbonyl (C=O) groups excluding carboxylic acids is 1. The fraction of sp³-hybridized carbons (Fsp3) is 0.381. The fourth-order valence-electron chi connectivity index (χ4n) is 3.23. The van der Waals surface area contributed by atoms with Crippen LogP contribution in [0.5, 0.6) is 11.5 Å². The maximum Gasteiger partial charge on any atom is 0.251 e. The van der Waals surface area contributed by atoms with Gasteiger partial charge in [-0.2, -0.15) is 0 Å². The zero-order valence-electron chi connectivity index (χ0n) is 15.8. The molecule has 1 aliphatic rings. The van der Waals surface area contributed by atoms with E-state index in [1.54, 1.807) is 26.4 Å². The summed E-state index contributed by atoms with van der Waals surface area (Å²) in [5.41, 5.74) is 1.73. The Morgan fingerprint density at radius 2 is 1.78 bits per heavy atom. The number of hydrogen-bond acceptors (Lipinski definition) is 5. The van der Waals surface area contributed by atoms with Crippen LogP contribution in [0.4, 0.5) is 0 Å². The van der Waals surface area contributed by atoms with E-state index in [9.17, 15) is 4.79 Å². The number of ether oxygens (including phenoxy) is 3. The van der Waals surface area contributed by atoms with Crippen molar-refractivity contribution in [2.24, 2.45) is 0 Å². The quantitative estimate of drug-likeness (QED) is 0.812. The number of benzene rings is 2. The Kier molecular flexibility index (Phi) is 6.68. The van der Waals surface area contributed by atoms with E-state index in [-0.39, 0.29) is 11.9 Å². The van der Waals surface area contributed by atoms with E-state index < -0.39 is 0 Å². The van der Waals surface area contributed by atoms with Gasteiger partial charge in [-0.05, 0) is 35.9 Å². The normalized spacial score (nSPS) is 15.8. The van der Waals surface area contributed by atoms with Crippen LogP contribution < -0.4 is 14.8 Å². The molecule has 1 fully saturated rings. The summed E-state index contributed by atoms with van der Waals surface area (Å²) in [5.74, 6) is 1.38. The molecule has 27 heavy (non-hydrogen) atoms. The summed E-state index contributed by atoms with van der Waals surface area (Å²) >= 11 is 0. The molecule has 6 nitrogen and oxygen atoms in total. The molecule has 0 saturated carbocycles. The minimum Gasteiger partial charge on any atom is -0.497 e. The molecule has 0 unspecified atom stereocenters. The molecule has 1 aliphatic heterocycles. The Morgan fingerprint density at radius 3 is 2.44 bits per heavy atom. The topological polar surface area (TPSA) is 60.0 Å². The van der Waals surface area contributed by atoms with Gasteiger partial charge in [-0.25, -0.2) is 0 Å². The molecule has 2 aromatic carbocycles. The van der Waals surface area contributed by atoms with Crippen molar-refractivity contribution in [2.75, 3.05) is 47.1 Å². The highest BCUT2D eigenvalue weighted by Gasteiger charge is 2.23. The van der Waals surface area contributed by atoms with Crippen molar-refractivity contribution in [3.8, 4) is 11.5 Å². The molecule has 3 rings (SSSR count). The second-order valence-electron chi connectivity index (χ2n) is 6.38. The van der Waals surface area contributed by atoms with Crippen molar-refractivity contribution in [3.05, 3.63) is 59.7 Å². The van der Waals surface area contributed by atoms with Crippen molar-refractivity contribution in [1.29, 1.82) is 0 Å². The summed E-state index contributed by atoms with van der Waals surface area (Å²) in [4.78, 5) is 14.9. The third kappa shape index (κ3) is 4.99. The molecule has 0 aromatic heterocycles. The molecule has 1 amide bonds. The minimum absolute atomic E-state index is 0.0781. The molecule has 0 aliphatic carbocycles. The van der Waals surface area contributed by atoms with Crippen LogP contribution in [-0.4, -0.2) is 57.9 Å². The molecule has 1 N–H and O–H groups in total. The monoisotopic (exact) mass is 370 g/mol. The van der Waals surface area contributed by atoms with Crippen LogP contribution in [0.1, 0.15) is 22.0 Å². The van der Waals surface area contributed by atoms with E-state index in [1.807, 2.05) is 24.3 Å². The molecule has 0 bridgehead atoms. The van der Waals surface area contributed by atoms with Gasteiger partial charge in [0.1, 0.15) is 11.5 Å². The van der Waals surface area contributed by atoms with Gasteiger partial charge < -0.3 is 19.5 Å². The number of methoxy groups -OCH3 is 2. The first-order valence-corrected chi connectivity index (χ1v) is 9.09. The van der Waals surface area contributed by atoms with Crippen LogP contribution in [-0.2, 0) is 4.74 Å². The van der Waals surface area contributed by atoms with E-state index in [0.717, 1.165) is 24.4 Å². The molecular formula is C21H26N2O4. The first-order chi connectivity index (χ1) is 13.2. The van der Waals surface area contributed by atoms with Crippen molar-refractivity contribution in [2.45, 2.75) is 6.04 Å². The molecule has 0 radical (unpaired) electrons. The number of rotatable bonds is 7. The minimum atomic E-state index is -0.110. The number of nitrogens with zero attached hydrogens (tertiary/aromatic N) is 1. The van der Waals surface area contributed by atoms with Crippen LogP contribution >= 0.6 is 0 Å². The number of morpholine rings is 1. The summed E-state index contributed by atoms with van der Waals surface area (Å²) in [6, 6.07) is 15.3. The van der Waals surface area contributed by atoms with Gasteiger partial charge in [0.15, 0.2) is 0 Å². The highest BCUT2D eigenvalue weighted by molar-refractivity contribution is 5.94. The van der Waals surface area contributed by atoms with Gasteiger partial charge in [-0.15, -0.1) is 0 Å². The van der Waals surface area contributed by atoms with E-state index in [0.29, 0.717) is 31.1 Å². The molecule has 6 heteroatoms. The SMILES string of the molecule is COc1ccc([C@H](CNC(=O)c2cccc(OC)c2)N2CCOCC2)cc1. The molecule has 144 valence electrons. The molecule has 1 saturated heterocycles. The summed E-state index contributed by atoms with van der Waals surface area (Å²) < 4.78 is 15.9. The first-order valence-electron chi connectivity index (χ1n) is 9.09. The summed E-state index contributed by atoms with van der Waals surface area (Å²) in [7, 11) is 3.25. The number of amides is 1. The third-order valence-corrected chi connectivity index (χ3v) is 4.77. The van der Waals surface area contributed by atoms with Crippen LogP contribution in [0, 0.1) is 0 Å². The Hall–Kier alpha value is -2.57. The zero-order valence-corrected chi connectivity index (χ0v) is 15.8. The smallest absolute Gasteiger partial charge is 0.251 e. The lowest BCUT2D eigenvalue weighted by Gasteiger charge is -2.35. The Bertz CT molecular complexity index is 742. The predicted molar refractivity (Wildman–Crippen MR) is 103 cm³/mol. The third-order valence-electron chi connectivity index (χ3n) is 4.77. The lowest BCUT2D eigenvalue weighted by atomic mass is 10.0. The van der Waals surface area contributed by atoms with Crippen molar-refractivity contribution >= 4 is 5.91 Å². The maximum absolute atomic E-state index is 12.6. The van der Waals surface area contributed by atoms with Gasteiger partial charge in [0.05, 0.1) is 33.5 Å².